The molecule has 6 nitrogen and oxygen atoms in total. The van der Waals surface area contributed by atoms with Gasteiger partial charge >= 0.3 is 0 Å². The van der Waals surface area contributed by atoms with Crippen LogP contribution in [0.1, 0.15) is 47.2 Å². The molecule has 2 aromatic carbocycles. The lowest BCUT2D eigenvalue weighted by atomic mass is 9.78. The number of nitro benzene ring substituents is 1. The van der Waals surface area contributed by atoms with E-state index in [9.17, 15) is 14.9 Å². The fourth-order valence-corrected chi connectivity index (χ4v) is 3.86. The summed E-state index contributed by atoms with van der Waals surface area (Å²) in [5, 5.41) is 14.1. The molecule has 1 amide bonds. The first-order chi connectivity index (χ1) is 12.9. The lowest BCUT2D eigenvalue weighted by Gasteiger charge is -2.30. The highest BCUT2D eigenvalue weighted by Crippen LogP contribution is 2.41. The van der Waals surface area contributed by atoms with E-state index in [1.165, 1.54) is 11.6 Å². The van der Waals surface area contributed by atoms with Crippen molar-refractivity contribution in [2.24, 2.45) is 0 Å². The summed E-state index contributed by atoms with van der Waals surface area (Å²) in [7, 11) is 1.64. The topological polar surface area (TPSA) is 81.5 Å². The number of rotatable bonds is 6. The molecule has 6 heteroatoms. The standard InChI is InChI=1S/C21H24N2O4/c1-15-5-6-16(13-19(15)23(25)26)20(24)22-14-21(11-3-4-12-21)17-7-9-18(27-2)10-8-17/h5-10,13H,3-4,11-12,14H2,1-2H3,(H,22,24). The minimum Gasteiger partial charge on any atom is -0.497 e. The lowest BCUT2D eigenvalue weighted by Crippen LogP contribution is -2.39. The van der Waals surface area contributed by atoms with Gasteiger partial charge in [-0.3, -0.25) is 14.9 Å². The van der Waals surface area contributed by atoms with E-state index in [0.29, 0.717) is 17.7 Å². The predicted molar refractivity (Wildman–Crippen MR) is 103 cm³/mol. The molecule has 1 aliphatic rings. The molecule has 0 aliphatic heterocycles. The summed E-state index contributed by atoms with van der Waals surface area (Å²) in [6, 6.07) is 12.6. The summed E-state index contributed by atoms with van der Waals surface area (Å²) in [5.74, 6) is 0.529. The van der Waals surface area contributed by atoms with E-state index in [4.69, 9.17) is 4.74 Å². The SMILES string of the molecule is COc1ccc(C2(CNC(=O)c3ccc(C)c([N+](=O)[O-])c3)CCCC2)cc1. The molecule has 27 heavy (non-hydrogen) atoms. The molecule has 1 saturated carbocycles. The van der Waals surface area contributed by atoms with Gasteiger partial charge in [0.15, 0.2) is 0 Å². The van der Waals surface area contributed by atoms with Crippen LogP contribution in [-0.4, -0.2) is 24.5 Å². The fourth-order valence-electron chi connectivity index (χ4n) is 3.86. The third kappa shape index (κ3) is 3.94. The van der Waals surface area contributed by atoms with Crippen LogP contribution in [0.2, 0.25) is 0 Å². The van der Waals surface area contributed by atoms with Gasteiger partial charge in [-0.15, -0.1) is 0 Å². The molecule has 0 radical (unpaired) electrons. The number of nitrogens with zero attached hydrogens (tertiary/aromatic N) is 1. The van der Waals surface area contributed by atoms with E-state index in [-0.39, 0.29) is 17.0 Å². The largest absolute Gasteiger partial charge is 0.497 e. The Kier molecular flexibility index (Phi) is 5.44. The highest BCUT2D eigenvalue weighted by atomic mass is 16.6. The predicted octanol–water partition coefficient (Wildman–Crippen LogP) is 4.15. The fraction of sp³-hybridized carbons (Fsp3) is 0.381. The molecule has 2 aromatic rings. The first-order valence-corrected chi connectivity index (χ1v) is 9.13. The molecular formula is C21H24N2O4. The Hall–Kier alpha value is -2.89. The van der Waals surface area contributed by atoms with Crippen molar-refractivity contribution in [2.45, 2.75) is 38.0 Å². The molecule has 0 heterocycles. The molecule has 1 aliphatic carbocycles. The number of hydrogen-bond acceptors (Lipinski definition) is 4. The van der Waals surface area contributed by atoms with Gasteiger partial charge in [0.1, 0.15) is 5.75 Å². The van der Waals surface area contributed by atoms with Crippen LogP contribution < -0.4 is 10.1 Å². The van der Waals surface area contributed by atoms with Crippen molar-refractivity contribution < 1.29 is 14.5 Å². The van der Waals surface area contributed by atoms with E-state index >= 15 is 0 Å². The molecule has 0 atom stereocenters. The molecule has 0 bridgehead atoms. The van der Waals surface area contributed by atoms with Gasteiger partial charge in [0.05, 0.1) is 12.0 Å². The Morgan fingerprint density at radius 2 is 1.85 bits per heavy atom. The van der Waals surface area contributed by atoms with Crippen molar-refractivity contribution in [1.82, 2.24) is 5.32 Å². The van der Waals surface area contributed by atoms with Gasteiger partial charge in [0.2, 0.25) is 0 Å². The van der Waals surface area contributed by atoms with E-state index in [0.717, 1.165) is 31.4 Å². The summed E-state index contributed by atoms with van der Waals surface area (Å²) in [6.07, 6.45) is 4.26. The average molecular weight is 368 g/mol. The molecule has 1 fully saturated rings. The van der Waals surface area contributed by atoms with Gasteiger partial charge in [-0.2, -0.15) is 0 Å². The smallest absolute Gasteiger partial charge is 0.273 e. The normalized spacial score (nSPS) is 15.3. The van der Waals surface area contributed by atoms with Crippen LogP contribution in [-0.2, 0) is 5.41 Å². The van der Waals surface area contributed by atoms with Crippen LogP contribution in [0, 0.1) is 17.0 Å². The van der Waals surface area contributed by atoms with Crippen LogP contribution in [0.5, 0.6) is 5.75 Å². The summed E-state index contributed by atoms with van der Waals surface area (Å²) in [5.41, 5.74) is 1.92. The Morgan fingerprint density at radius 1 is 1.19 bits per heavy atom. The zero-order chi connectivity index (χ0) is 19.4. The van der Waals surface area contributed by atoms with Gasteiger partial charge in [0, 0.05) is 29.2 Å². The summed E-state index contributed by atoms with van der Waals surface area (Å²) in [6.45, 7) is 2.18. The van der Waals surface area contributed by atoms with E-state index in [1.54, 1.807) is 26.2 Å². The maximum atomic E-state index is 12.6. The van der Waals surface area contributed by atoms with Crippen LogP contribution in [0.4, 0.5) is 5.69 Å². The second-order valence-corrected chi connectivity index (χ2v) is 7.16. The Bertz CT molecular complexity index is 840. The molecule has 0 saturated heterocycles. The molecular weight excluding hydrogens is 344 g/mol. The number of aryl methyl sites for hydroxylation is 1. The van der Waals surface area contributed by atoms with E-state index in [1.807, 2.05) is 12.1 Å². The Morgan fingerprint density at radius 3 is 2.44 bits per heavy atom. The van der Waals surface area contributed by atoms with Crippen LogP contribution in [0.15, 0.2) is 42.5 Å². The quantitative estimate of drug-likeness (QED) is 0.613. The first kappa shape index (κ1) is 18.9. The Labute approximate surface area is 158 Å². The second-order valence-electron chi connectivity index (χ2n) is 7.16. The number of carbonyl (C=O) groups is 1. The van der Waals surface area contributed by atoms with Gasteiger partial charge < -0.3 is 10.1 Å². The van der Waals surface area contributed by atoms with Crippen LogP contribution >= 0.6 is 0 Å². The first-order valence-electron chi connectivity index (χ1n) is 9.13. The van der Waals surface area contributed by atoms with Crippen LogP contribution in [0.3, 0.4) is 0 Å². The van der Waals surface area contributed by atoms with Gasteiger partial charge in [-0.05, 0) is 43.5 Å². The summed E-state index contributed by atoms with van der Waals surface area (Å²) in [4.78, 5) is 23.3. The number of nitrogens with one attached hydrogen (secondary N) is 1. The maximum absolute atomic E-state index is 12.6. The van der Waals surface area contributed by atoms with Crippen molar-refractivity contribution in [3.05, 3.63) is 69.3 Å². The van der Waals surface area contributed by atoms with Crippen molar-refractivity contribution in [3.8, 4) is 5.75 Å². The number of carbonyl (C=O) groups excluding carboxylic acids is 1. The molecule has 0 aromatic heterocycles. The zero-order valence-electron chi connectivity index (χ0n) is 15.7. The van der Waals surface area contributed by atoms with Gasteiger partial charge in [-0.1, -0.05) is 31.0 Å². The molecule has 0 unspecified atom stereocenters. The number of hydrogen-bond donors (Lipinski definition) is 1. The molecule has 0 spiro atoms. The van der Waals surface area contributed by atoms with E-state index < -0.39 is 4.92 Å². The second kappa shape index (κ2) is 7.78. The van der Waals surface area contributed by atoms with Crippen molar-refractivity contribution in [1.29, 1.82) is 0 Å². The Balaban J connectivity index is 1.77. The average Bonchev–Trinajstić information content (AvgIpc) is 3.16. The highest BCUT2D eigenvalue weighted by Gasteiger charge is 2.36. The summed E-state index contributed by atoms with van der Waals surface area (Å²) >= 11 is 0. The van der Waals surface area contributed by atoms with Crippen molar-refractivity contribution in [2.75, 3.05) is 13.7 Å². The van der Waals surface area contributed by atoms with E-state index in [2.05, 4.69) is 17.4 Å². The monoisotopic (exact) mass is 368 g/mol. The van der Waals surface area contributed by atoms with Crippen molar-refractivity contribution in [3.63, 3.8) is 0 Å². The highest BCUT2D eigenvalue weighted by molar-refractivity contribution is 5.95. The maximum Gasteiger partial charge on any atom is 0.273 e. The number of ether oxygens (including phenoxy) is 1. The minimum atomic E-state index is -0.456. The number of benzene rings is 2. The van der Waals surface area contributed by atoms with Gasteiger partial charge in [-0.25, -0.2) is 0 Å². The number of amides is 1. The third-order valence-corrected chi connectivity index (χ3v) is 5.52. The minimum absolute atomic E-state index is 0.0339. The number of methoxy groups -OCH3 is 1. The molecule has 1 N–H and O–H groups in total. The zero-order valence-corrected chi connectivity index (χ0v) is 15.7. The molecule has 142 valence electrons. The third-order valence-electron chi connectivity index (χ3n) is 5.52. The van der Waals surface area contributed by atoms with Gasteiger partial charge in [0.25, 0.3) is 11.6 Å². The van der Waals surface area contributed by atoms with Crippen molar-refractivity contribution >= 4 is 11.6 Å². The lowest BCUT2D eigenvalue weighted by molar-refractivity contribution is -0.385. The van der Waals surface area contributed by atoms with Crippen LogP contribution in [0.25, 0.3) is 0 Å². The number of nitro groups is 1. The summed E-state index contributed by atoms with van der Waals surface area (Å²) < 4.78 is 5.24. The molecule has 3 rings (SSSR count).